The van der Waals surface area contributed by atoms with Gasteiger partial charge >= 0.3 is 0 Å². The van der Waals surface area contributed by atoms with Gasteiger partial charge in [-0.2, -0.15) is 10.5 Å². The van der Waals surface area contributed by atoms with E-state index in [2.05, 4.69) is 58.4 Å². The van der Waals surface area contributed by atoms with Crippen LogP contribution < -0.4 is 28.7 Å². The third kappa shape index (κ3) is 7.37. The highest BCUT2D eigenvalue weighted by Gasteiger charge is 2.39. The second-order valence-corrected chi connectivity index (χ2v) is 14.3. The monoisotopic (exact) mass is 766 g/mol. The molecule has 5 atom stereocenters. The first-order chi connectivity index (χ1) is 27.2. The molecular formula is C38H40F2N12O4. The molecule has 4 aromatic rings. The van der Waals surface area contributed by atoms with E-state index >= 15 is 8.78 Å². The van der Waals surface area contributed by atoms with E-state index < -0.39 is 29.8 Å². The van der Waals surface area contributed by atoms with Crippen LogP contribution in [0.5, 0.6) is 23.3 Å². The van der Waals surface area contributed by atoms with Gasteiger partial charge in [0.05, 0.1) is 48.3 Å². The molecule has 0 aliphatic carbocycles. The molecule has 0 N–H and O–H groups in total. The molecule has 8 heterocycles. The molecule has 56 heavy (non-hydrogen) atoms. The van der Waals surface area contributed by atoms with Crippen LogP contribution in [0.25, 0.3) is 0 Å². The van der Waals surface area contributed by atoms with Crippen molar-refractivity contribution in [3.05, 3.63) is 71.3 Å². The summed E-state index contributed by atoms with van der Waals surface area (Å²) in [4.78, 5) is 35.0. The fourth-order valence-electron chi connectivity index (χ4n) is 7.93. The van der Waals surface area contributed by atoms with Gasteiger partial charge in [-0.25, -0.2) is 38.7 Å². The third-order valence-electron chi connectivity index (χ3n) is 10.8. The van der Waals surface area contributed by atoms with Crippen LogP contribution in [0.3, 0.4) is 0 Å². The summed E-state index contributed by atoms with van der Waals surface area (Å²) in [6.45, 7) is 10.3. The molecule has 0 radical (unpaired) electrons. The number of anilines is 2. The molecular weight excluding hydrogens is 726 g/mol. The topological polar surface area (TPSA) is 175 Å². The van der Waals surface area contributed by atoms with Crippen molar-refractivity contribution in [1.29, 1.82) is 10.5 Å². The van der Waals surface area contributed by atoms with Gasteiger partial charge in [0.1, 0.15) is 61.3 Å². The zero-order valence-electron chi connectivity index (χ0n) is 31.2. The lowest BCUT2D eigenvalue weighted by Crippen LogP contribution is -2.54. The van der Waals surface area contributed by atoms with E-state index in [9.17, 15) is 0 Å². The average Bonchev–Trinajstić information content (AvgIpc) is 3.22. The predicted octanol–water partition coefficient (Wildman–Crippen LogP) is 3.60. The van der Waals surface area contributed by atoms with E-state index in [0.717, 1.165) is 0 Å². The second-order valence-electron chi connectivity index (χ2n) is 14.3. The zero-order valence-corrected chi connectivity index (χ0v) is 31.2. The highest BCUT2D eigenvalue weighted by Crippen LogP contribution is 2.40. The maximum atomic E-state index is 16.0. The normalized spacial score (nSPS) is 22.2. The Labute approximate surface area is 322 Å². The lowest BCUT2D eigenvalue weighted by atomic mass is 9.99. The van der Waals surface area contributed by atoms with E-state index in [4.69, 9.17) is 34.5 Å². The number of fused-ring (bicyclic) bond motifs is 2. The molecule has 4 aliphatic rings. The Hall–Kier alpha value is -5.98. The average molecular weight is 767 g/mol. The summed E-state index contributed by atoms with van der Waals surface area (Å²) >= 11 is 0. The summed E-state index contributed by atoms with van der Waals surface area (Å²) in [5, 5.41) is 18.2. The van der Waals surface area contributed by atoms with Crippen molar-refractivity contribution in [2.75, 3.05) is 68.9 Å². The van der Waals surface area contributed by atoms with Crippen LogP contribution in [-0.2, 0) is 0 Å². The first kappa shape index (κ1) is 37.0. The Morgan fingerprint density at radius 3 is 1.89 bits per heavy atom. The molecule has 4 aromatic heterocycles. The highest BCUT2D eigenvalue weighted by atomic mass is 19.1. The van der Waals surface area contributed by atoms with Gasteiger partial charge in [0.2, 0.25) is 0 Å². The van der Waals surface area contributed by atoms with Crippen LogP contribution in [0.4, 0.5) is 20.4 Å². The second kappa shape index (κ2) is 15.6. The lowest BCUT2D eigenvalue weighted by Gasteiger charge is -2.45. The van der Waals surface area contributed by atoms with Crippen molar-refractivity contribution in [2.24, 2.45) is 0 Å². The quantitative estimate of drug-likeness (QED) is 0.254. The van der Waals surface area contributed by atoms with Crippen molar-refractivity contribution in [2.45, 2.75) is 57.5 Å². The Balaban J connectivity index is 1.01. The third-order valence-corrected chi connectivity index (χ3v) is 10.8. The summed E-state index contributed by atoms with van der Waals surface area (Å²) < 4.78 is 55.7. The molecule has 0 spiro atoms. The number of aromatic nitrogens is 6. The molecule has 8 rings (SSSR count). The summed E-state index contributed by atoms with van der Waals surface area (Å²) in [6.07, 6.45) is 5.79. The Morgan fingerprint density at radius 2 is 1.30 bits per heavy atom. The van der Waals surface area contributed by atoms with Crippen LogP contribution in [-0.4, -0.2) is 117 Å². The van der Waals surface area contributed by atoms with E-state index in [-0.39, 0.29) is 71.1 Å². The van der Waals surface area contributed by atoms with Gasteiger partial charge < -0.3 is 28.7 Å². The number of piperazine rings is 2. The van der Waals surface area contributed by atoms with Gasteiger partial charge in [-0.3, -0.25) is 9.80 Å². The Morgan fingerprint density at radius 1 is 0.732 bits per heavy atom. The molecule has 290 valence electrons. The first-order valence-corrected chi connectivity index (χ1v) is 18.6. The van der Waals surface area contributed by atoms with Crippen LogP contribution in [0.1, 0.15) is 62.1 Å². The molecule has 0 saturated carbocycles. The number of pyridine rings is 2. The van der Waals surface area contributed by atoms with Crippen molar-refractivity contribution in [3.8, 4) is 35.4 Å². The predicted molar refractivity (Wildman–Crippen MR) is 195 cm³/mol. The van der Waals surface area contributed by atoms with Gasteiger partial charge in [0, 0.05) is 69.9 Å². The first-order valence-electron chi connectivity index (χ1n) is 18.6. The molecule has 4 aliphatic heterocycles. The van der Waals surface area contributed by atoms with Crippen LogP contribution in [0.15, 0.2) is 36.9 Å². The minimum absolute atomic E-state index is 0.0129. The SMILES string of the molecule is C[C@@H]1CN(c2cnc(C#N)cn2)CCN1[C@H](CC1COc2cc(F)c([C@H](C)N3CCN(c4cnc(C#N)cn4)C[C@H]3C)nc2O1)c1nc2c(cc1F)OCCO2. The molecule has 1 unspecified atom stereocenters. The zero-order chi connectivity index (χ0) is 38.9. The maximum absolute atomic E-state index is 16.0. The fraction of sp³-hybridized carbons (Fsp3) is 0.474. The summed E-state index contributed by atoms with van der Waals surface area (Å²) in [7, 11) is 0. The van der Waals surface area contributed by atoms with Gasteiger partial charge in [-0.05, 0) is 20.8 Å². The van der Waals surface area contributed by atoms with Crippen LogP contribution in [0.2, 0.25) is 0 Å². The molecule has 18 heteroatoms. The van der Waals surface area contributed by atoms with Crippen LogP contribution in [0, 0.1) is 34.3 Å². The van der Waals surface area contributed by atoms with Crippen molar-refractivity contribution in [1.82, 2.24) is 39.7 Å². The molecule has 0 amide bonds. The number of nitriles is 2. The van der Waals surface area contributed by atoms with E-state index in [1.165, 1.54) is 24.5 Å². The van der Waals surface area contributed by atoms with Gasteiger partial charge in [0.15, 0.2) is 22.9 Å². The summed E-state index contributed by atoms with van der Waals surface area (Å²) in [5.74, 6) is 1.18. The van der Waals surface area contributed by atoms with Crippen LogP contribution >= 0.6 is 0 Å². The Kier molecular flexibility index (Phi) is 10.3. The lowest BCUT2D eigenvalue weighted by molar-refractivity contribution is 0.0336. The number of nitrogens with zero attached hydrogens (tertiary/aromatic N) is 12. The van der Waals surface area contributed by atoms with Gasteiger partial charge in [-0.15, -0.1) is 0 Å². The highest BCUT2D eigenvalue weighted by molar-refractivity contribution is 5.42. The number of ether oxygens (including phenoxy) is 4. The minimum Gasteiger partial charge on any atom is -0.484 e. The minimum atomic E-state index is -0.575. The fourth-order valence-corrected chi connectivity index (χ4v) is 7.93. The Bertz CT molecular complexity index is 2150. The van der Waals surface area contributed by atoms with Gasteiger partial charge in [-0.1, -0.05) is 0 Å². The molecule has 0 aromatic carbocycles. The number of rotatable bonds is 8. The molecule has 0 bridgehead atoms. The van der Waals surface area contributed by atoms with Gasteiger partial charge in [0.25, 0.3) is 11.8 Å². The standard InChI is InChI=1S/C38H40F2N12O4/c1-22-19-49(33-17-43-25(13-41)15-45-33)4-6-51(22)24(3)35-28(39)11-32-38(47-35)56-27(21-55-32)10-30(36-29(40)12-31-37(48-36)54-9-8-53-31)52-7-5-50(20-23(52)2)34-18-44-26(14-42)16-46-34/h11-12,15-18,22-24,27,30H,4-10,19-21H2,1-3H3/t22-,23-,24+,27?,30-/m1/s1. The maximum Gasteiger partial charge on any atom is 0.257 e. The van der Waals surface area contributed by atoms with Crippen molar-refractivity contribution >= 4 is 11.6 Å². The molecule has 2 saturated heterocycles. The number of halogens is 2. The summed E-state index contributed by atoms with van der Waals surface area (Å²) in [5.41, 5.74) is 0.921. The van der Waals surface area contributed by atoms with Crippen molar-refractivity contribution < 1.29 is 27.7 Å². The van der Waals surface area contributed by atoms with E-state index in [0.29, 0.717) is 64.1 Å². The van der Waals surface area contributed by atoms with E-state index in [1.54, 1.807) is 12.4 Å². The number of hydrogen-bond donors (Lipinski definition) is 0. The van der Waals surface area contributed by atoms with E-state index in [1.807, 2.05) is 19.1 Å². The summed E-state index contributed by atoms with van der Waals surface area (Å²) in [6, 6.07) is 5.58. The smallest absolute Gasteiger partial charge is 0.257 e. The largest absolute Gasteiger partial charge is 0.484 e. The molecule has 2 fully saturated rings. The molecule has 16 nitrogen and oxygen atoms in total. The number of hydrogen-bond acceptors (Lipinski definition) is 16. The van der Waals surface area contributed by atoms with Crippen molar-refractivity contribution in [3.63, 3.8) is 0 Å².